The smallest absolute Gasteiger partial charge is 0.318 e. The number of hydrogen-bond donors (Lipinski definition) is 1. The number of nitrogens with zero attached hydrogens (tertiary/aromatic N) is 1. The number of rotatable bonds is 8. The van der Waals surface area contributed by atoms with Gasteiger partial charge < -0.3 is 10.2 Å². The highest BCUT2D eigenvalue weighted by molar-refractivity contribution is 6.30. The number of hydrogen-bond acceptors (Lipinski definition) is 1. The predicted octanol–water partition coefficient (Wildman–Crippen LogP) is 6.44. The first-order valence-electron chi connectivity index (χ1n) is 10.1. The van der Waals surface area contributed by atoms with Crippen LogP contribution in [0.25, 0.3) is 0 Å². The third-order valence-corrected chi connectivity index (χ3v) is 5.13. The van der Waals surface area contributed by atoms with Gasteiger partial charge in [-0.05, 0) is 35.2 Å². The van der Waals surface area contributed by atoms with Crippen molar-refractivity contribution in [3.8, 4) is 0 Å². The minimum atomic E-state index is -0.185. The summed E-state index contributed by atoms with van der Waals surface area (Å²) in [7, 11) is 0. The van der Waals surface area contributed by atoms with E-state index in [1.54, 1.807) is 0 Å². The third kappa shape index (κ3) is 5.85. The lowest BCUT2D eigenvalue weighted by molar-refractivity contribution is 0.180. The van der Waals surface area contributed by atoms with Gasteiger partial charge in [0, 0.05) is 18.1 Å². The highest BCUT2D eigenvalue weighted by atomic mass is 35.5. The van der Waals surface area contributed by atoms with Crippen LogP contribution in [-0.2, 0) is 6.54 Å². The molecule has 0 heterocycles. The van der Waals surface area contributed by atoms with Crippen LogP contribution < -0.4 is 5.32 Å². The van der Waals surface area contributed by atoms with Crippen molar-refractivity contribution in [2.45, 2.75) is 32.4 Å². The van der Waals surface area contributed by atoms with Gasteiger partial charge in [0.1, 0.15) is 0 Å². The largest absolute Gasteiger partial charge is 0.338 e. The fraction of sp³-hybridized carbons (Fsp3) is 0.240. The van der Waals surface area contributed by atoms with E-state index >= 15 is 0 Å². The van der Waals surface area contributed by atoms with Gasteiger partial charge in [-0.25, -0.2) is 4.79 Å². The first-order chi connectivity index (χ1) is 14.2. The Balaban J connectivity index is 1.99. The first kappa shape index (κ1) is 20.9. The number of benzene rings is 3. The van der Waals surface area contributed by atoms with Crippen LogP contribution in [0, 0.1) is 0 Å². The van der Waals surface area contributed by atoms with Crippen molar-refractivity contribution >= 4 is 17.6 Å². The van der Waals surface area contributed by atoms with Crippen molar-refractivity contribution in [3.05, 3.63) is 107 Å². The fourth-order valence-corrected chi connectivity index (χ4v) is 3.49. The Morgan fingerprint density at radius 2 is 1.45 bits per heavy atom. The summed E-state index contributed by atoms with van der Waals surface area (Å²) in [6, 6.07) is 27.8. The van der Waals surface area contributed by atoms with Gasteiger partial charge in [-0.3, -0.25) is 0 Å². The molecule has 4 heteroatoms. The standard InChI is InChI=1S/C25H27ClN2O/c1-2-3-18-27-25(29)28(19-20-14-16-23(26)17-15-20)24(21-10-6-4-7-11-21)22-12-8-5-9-13-22/h4-17,24H,2-3,18-19H2,1H3,(H,27,29). The summed E-state index contributed by atoms with van der Waals surface area (Å²) in [5, 5.41) is 3.79. The molecule has 0 unspecified atom stereocenters. The quantitative estimate of drug-likeness (QED) is 0.429. The van der Waals surface area contributed by atoms with E-state index in [4.69, 9.17) is 11.6 Å². The number of carbonyl (C=O) groups excluding carboxylic acids is 1. The maximum absolute atomic E-state index is 13.3. The van der Waals surface area contributed by atoms with Crippen LogP contribution in [0.3, 0.4) is 0 Å². The second-order valence-corrected chi connectivity index (χ2v) is 7.50. The molecule has 3 aromatic carbocycles. The molecule has 150 valence electrons. The molecule has 0 aliphatic rings. The van der Waals surface area contributed by atoms with Gasteiger partial charge in [0.2, 0.25) is 0 Å². The van der Waals surface area contributed by atoms with Crippen molar-refractivity contribution in [3.63, 3.8) is 0 Å². The van der Waals surface area contributed by atoms with Crippen LogP contribution >= 0.6 is 11.6 Å². The molecule has 29 heavy (non-hydrogen) atoms. The normalized spacial score (nSPS) is 10.7. The molecular formula is C25H27ClN2O. The second kappa shape index (κ2) is 10.7. The molecule has 0 bridgehead atoms. The molecule has 3 aromatic rings. The highest BCUT2D eigenvalue weighted by Crippen LogP contribution is 2.30. The molecule has 0 fully saturated rings. The lowest BCUT2D eigenvalue weighted by atomic mass is 9.96. The molecule has 3 rings (SSSR count). The molecular weight excluding hydrogens is 380 g/mol. The van der Waals surface area contributed by atoms with Gasteiger partial charge >= 0.3 is 6.03 Å². The summed E-state index contributed by atoms with van der Waals surface area (Å²) in [6.07, 6.45) is 2.00. The lowest BCUT2D eigenvalue weighted by Crippen LogP contribution is -2.42. The topological polar surface area (TPSA) is 32.3 Å². The Kier molecular flexibility index (Phi) is 7.71. The van der Waals surface area contributed by atoms with Crippen LogP contribution in [0.5, 0.6) is 0 Å². The number of nitrogens with one attached hydrogen (secondary N) is 1. The number of unbranched alkanes of at least 4 members (excludes halogenated alkanes) is 1. The molecule has 0 spiro atoms. The lowest BCUT2D eigenvalue weighted by Gasteiger charge is -2.33. The van der Waals surface area contributed by atoms with Crippen molar-refractivity contribution in [1.29, 1.82) is 0 Å². The van der Waals surface area contributed by atoms with Crippen LogP contribution in [0.15, 0.2) is 84.9 Å². The Morgan fingerprint density at radius 3 is 1.97 bits per heavy atom. The maximum Gasteiger partial charge on any atom is 0.318 e. The summed E-state index contributed by atoms with van der Waals surface area (Å²) >= 11 is 6.06. The number of urea groups is 1. The predicted molar refractivity (Wildman–Crippen MR) is 120 cm³/mol. The molecule has 3 nitrogen and oxygen atoms in total. The zero-order valence-corrected chi connectivity index (χ0v) is 17.5. The Morgan fingerprint density at radius 1 is 0.897 bits per heavy atom. The average molecular weight is 407 g/mol. The second-order valence-electron chi connectivity index (χ2n) is 7.06. The summed E-state index contributed by atoms with van der Waals surface area (Å²) in [6.45, 7) is 3.28. The van der Waals surface area contributed by atoms with Crippen molar-refractivity contribution < 1.29 is 4.79 Å². The molecule has 0 saturated carbocycles. The molecule has 2 amide bonds. The van der Waals surface area contributed by atoms with E-state index in [1.807, 2.05) is 65.6 Å². The van der Waals surface area contributed by atoms with Crippen LogP contribution in [0.1, 0.15) is 42.5 Å². The van der Waals surface area contributed by atoms with Crippen LogP contribution in [-0.4, -0.2) is 17.5 Å². The van der Waals surface area contributed by atoms with E-state index in [0.29, 0.717) is 18.1 Å². The molecule has 0 saturated heterocycles. The van der Waals surface area contributed by atoms with E-state index in [0.717, 1.165) is 29.5 Å². The Labute approximate surface area is 178 Å². The van der Waals surface area contributed by atoms with Crippen molar-refractivity contribution in [2.24, 2.45) is 0 Å². The summed E-state index contributed by atoms with van der Waals surface area (Å²) in [4.78, 5) is 15.2. The summed E-state index contributed by atoms with van der Waals surface area (Å²) in [5.74, 6) is 0. The summed E-state index contributed by atoms with van der Waals surface area (Å²) in [5.41, 5.74) is 3.20. The minimum absolute atomic E-state index is 0.0638. The van der Waals surface area contributed by atoms with E-state index in [1.165, 1.54) is 0 Å². The molecule has 0 radical (unpaired) electrons. The fourth-order valence-electron chi connectivity index (χ4n) is 3.36. The summed E-state index contributed by atoms with van der Waals surface area (Å²) < 4.78 is 0. The van der Waals surface area contributed by atoms with Gasteiger partial charge in [0.25, 0.3) is 0 Å². The molecule has 0 aromatic heterocycles. The third-order valence-electron chi connectivity index (χ3n) is 4.88. The number of halogens is 1. The van der Waals surface area contributed by atoms with Crippen LogP contribution in [0.2, 0.25) is 5.02 Å². The van der Waals surface area contributed by atoms with Gasteiger partial charge in [0.05, 0.1) is 6.04 Å². The highest BCUT2D eigenvalue weighted by Gasteiger charge is 2.26. The van der Waals surface area contributed by atoms with Gasteiger partial charge in [-0.1, -0.05) is 97.7 Å². The SMILES string of the molecule is CCCCNC(=O)N(Cc1ccc(Cl)cc1)C(c1ccccc1)c1ccccc1. The molecule has 0 aliphatic heterocycles. The number of amides is 2. The monoisotopic (exact) mass is 406 g/mol. The number of carbonyl (C=O) groups is 1. The van der Waals surface area contributed by atoms with E-state index in [9.17, 15) is 4.79 Å². The zero-order chi connectivity index (χ0) is 20.5. The first-order valence-corrected chi connectivity index (χ1v) is 10.5. The van der Waals surface area contributed by atoms with Gasteiger partial charge in [-0.15, -0.1) is 0 Å². The van der Waals surface area contributed by atoms with Crippen molar-refractivity contribution in [2.75, 3.05) is 6.54 Å². The van der Waals surface area contributed by atoms with Gasteiger partial charge in [0.15, 0.2) is 0 Å². The van der Waals surface area contributed by atoms with Crippen LogP contribution in [0.4, 0.5) is 4.79 Å². The Hall–Kier alpha value is -2.78. The maximum atomic E-state index is 13.3. The molecule has 1 N–H and O–H groups in total. The van der Waals surface area contributed by atoms with E-state index in [-0.39, 0.29) is 12.1 Å². The average Bonchev–Trinajstić information content (AvgIpc) is 2.76. The minimum Gasteiger partial charge on any atom is -0.338 e. The molecule has 0 aliphatic carbocycles. The zero-order valence-electron chi connectivity index (χ0n) is 16.7. The van der Waals surface area contributed by atoms with E-state index in [2.05, 4.69) is 36.5 Å². The Bertz CT molecular complexity index is 842. The van der Waals surface area contributed by atoms with E-state index < -0.39 is 0 Å². The van der Waals surface area contributed by atoms with Gasteiger partial charge in [-0.2, -0.15) is 0 Å². The molecule has 0 atom stereocenters. The van der Waals surface area contributed by atoms with Crippen molar-refractivity contribution in [1.82, 2.24) is 10.2 Å².